The van der Waals surface area contributed by atoms with Crippen molar-refractivity contribution in [1.82, 2.24) is 0 Å². The molecule has 3 nitrogen and oxygen atoms in total. The first kappa shape index (κ1) is 16.3. The normalized spacial score (nSPS) is 15.5. The van der Waals surface area contributed by atoms with Crippen molar-refractivity contribution < 1.29 is 9.53 Å². The van der Waals surface area contributed by atoms with Crippen LogP contribution in [0.2, 0.25) is 0 Å². The summed E-state index contributed by atoms with van der Waals surface area (Å²) in [5, 5.41) is 0. The molecule has 0 aliphatic carbocycles. The van der Waals surface area contributed by atoms with Crippen LogP contribution in [0.4, 0.5) is 5.69 Å². The molecular formula is C21H23NO2. The molecule has 0 fully saturated rings. The van der Waals surface area contributed by atoms with Gasteiger partial charge >= 0.3 is 0 Å². The quantitative estimate of drug-likeness (QED) is 0.791. The first-order valence-electron chi connectivity index (χ1n) is 8.14. The standard InChI is InChI=1S/C21H23NO2/c1-14-9-6-7-10-17(14)20(23)22-19-16(11-8-12-18(19)24-5)15(2)13-21(22,3)4/h6-13H,1-5H3. The van der Waals surface area contributed by atoms with Crippen molar-refractivity contribution in [1.29, 1.82) is 0 Å². The van der Waals surface area contributed by atoms with E-state index < -0.39 is 5.54 Å². The maximum Gasteiger partial charge on any atom is 0.259 e. The summed E-state index contributed by atoms with van der Waals surface area (Å²) in [7, 11) is 1.65. The fraction of sp³-hybridized carbons (Fsp3) is 0.286. The van der Waals surface area contributed by atoms with Crippen LogP contribution in [0.5, 0.6) is 5.75 Å². The van der Waals surface area contributed by atoms with Gasteiger partial charge in [0.15, 0.2) is 0 Å². The topological polar surface area (TPSA) is 29.5 Å². The van der Waals surface area contributed by atoms with Crippen molar-refractivity contribution in [2.45, 2.75) is 33.2 Å². The Morgan fingerprint density at radius 2 is 1.75 bits per heavy atom. The van der Waals surface area contributed by atoms with Gasteiger partial charge in [-0.15, -0.1) is 0 Å². The Bertz CT molecular complexity index is 833. The highest BCUT2D eigenvalue weighted by Gasteiger charge is 2.38. The third-order valence-corrected chi connectivity index (χ3v) is 4.59. The average Bonchev–Trinajstić information content (AvgIpc) is 2.53. The fourth-order valence-electron chi connectivity index (χ4n) is 3.49. The Labute approximate surface area is 143 Å². The number of aryl methyl sites for hydroxylation is 1. The Hall–Kier alpha value is -2.55. The summed E-state index contributed by atoms with van der Waals surface area (Å²) in [6.07, 6.45) is 2.14. The molecule has 3 heteroatoms. The lowest BCUT2D eigenvalue weighted by Crippen LogP contribution is -2.49. The van der Waals surface area contributed by atoms with E-state index in [1.807, 2.05) is 54.3 Å². The lowest BCUT2D eigenvalue weighted by Gasteiger charge is -2.42. The summed E-state index contributed by atoms with van der Waals surface area (Å²) in [5.41, 5.74) is 4.29. The minimum absolute atomic E-state index is 0.00685. The van der Waals surface area contributed by atoms with E-state index in [9.17, 15) is 4.79 Å². The molecule has 1 heterocycles. The van der Waals surface area contributed by atoms with Crippen LogP contribution >= 0.6 is 0 Å². The number of amides is 1. The molecule has 0 spiro atoms. The second-order valence-electron chi connectivity index (χ2n) is 6.79. The average molecular weight is 321 g/mol. The van der Waals surface area contributed by atoms with Gasteiger partial charge in [0, 0.05) is 11.1 Å². The molecule has 2 aromatic rings. The lowest BCUT2D eigenvalue weighted by atomic mass is 9.87. The Kier molecular flexibility index (Phi) is 3.96. The zero-order chi connectivity index (χ0) is 17.5. The van der Waals surface area contributed by atoms with Crippen LogP contribution in [0, 0.1) is 6.92 Å². The van der Waals surface area contributed by atoms with Gasteiger partial charge in [0.1, 0.15) is 5.75 Å². The van der Waals surface area contributed by atoms with E-state index in [4.69, 9.17) is 4.74 Å². The lowest BCUT2D eigenvalue weighted by molar-refractivity contribution is 0.0968. The minimum Gasteiger partial charge on any atom is -0.495 e. The highest BCUT2D eigenvalue weighted by molar-refractivity contribution is 6.11. The SMILES string of the molecule is COc1cccc2c1N(C(=O)c1ccccc1C)C(C)(C)C=C2C. The van der Waals surface area contributed by atoms with Gasteiger partial charge in [-0.2, -0.15) is 0 Å². The van der Waals surface area contributed by atoms with Crippen molar-refractivity contribution in [2.24, 2.45) is 0 Å². The number of carbonyl (C=O) groups excluding carboxylic acids is 1. The zero-order valence-corrected chi connectivity index (χ0v) is 14.9. The largest absolute Gasteiger partial charge is 0.495 e. The smallest absolute Gasteiger partial charge is 0.259 e. The summed E-state index contributed by atoms with van der Waals surface area (Å²) in [4.78, 5) is 15.3. The first-order valence-corrected chi connectivity index (χ1v) is 8.14. The molecule has 124 valence electrons. The molecule has 0 atom stereocenters. The van der Waals surface area contributed by atoms with E-state index in [2.05, 4.69) is 26.8 Å². The molecule has 24 heavy (non-hydrogen) atoms. The van der Waals surface area contributed by atoms with E-state index in [1.54, 1.807) is 7.11 Å². The third-order valence-electron chi connectivity index (χ3n) is 4.59. The molecule has 0 radical (unpaired) electrons. The van der Waals surface area contributed by atoms with E-state index in [0.717, 1.165) is 33.7 Å². The number of allylic oxidation sites excluding steroid dienone is 1. The molecular weight excluding hydrogens is 298 g/mol. The second kappa shape index (κ2) is 5.82. The number of carbonyl (C=O) groups is 1. The monoisotopic (exact) mass is 321 g/mol. The summed E-state index contributed by atoms with van der Waals surface area (Å²) in [5.74, 6) is 0.711. The Morgan fingerprint density at radius 1 is 1.04 bits per heavy atom. The van der Waals surface area contributed by atoms with E-state index >= 15 is 0 Å². The molecule has 1 aliphatic heterocycles. The molecule has 0 unspecified atom stereocenters. The van der Waals surface area contributed by atoms with Gasteiger partial charge in [0.25, 0.3) is 5.91 Å². The molecule has 0 saturated carbocycles. The first-order chi connectivity index (χ1) is 11.4. The molecule has 1 aliphatic rings. The minimum atomic E-state index is -0.439. The Morgan fingerprint density at radius 3 is 2.42 bits per heavy atom. The molecule has 1 amide bonds. The Balaban J connectivity index is 2.24. The number of ether oxygens (including phenoxy) is 1. The summed E-state index contributed by atoms with van der Waals surface area (Å²) in [6, 6.07) is 13.6. The van der Waals surface area contributed by atoms with E-state index in [0.29, 0.717) is 0 Å². The fourth-order valence-corrected chi connectivity index (χ4v) is 3.49. The molecule has 0 aromatic heterocycles. The van der Waals surface area contributed by atoms with Crippen LogP contribution < -0.4 is 9.64 Å². The number of anilines is 1. The van der Waals surface area contributed by atoms with Crippen LogP contribution in [0.25, 0.3) is 5.57 Å². The predicted molar refractivity (Wildman–Crippen MR) is 98.7 cm³/mol. The summed E-state index contributed by atoms with van der Waals surface area (Å²) in [6.45, 7) is 8.16. The van der Waals surface area contributed by atoms with Crippen molar-refractivity contribution in [2.75, 3.05) is 12.0 Å². The van der Waals surface area contributed by atoms with Crippen molar-refractivity contribution in [3.05, 3.63) is 65.2 Å². The van der Waals surface area contributed by atoms with Gasteiger partial charge in [-0.3, -0.25) is 9.69 Å². The molecule has 0 saturated heterocycles. The van der Waals surface area contributed by atoms with Crippen LogP contribution in [0.15, 0.2) is 48.5 Å². The number of nitrogens with zero attached hydrogens (tertiary/aromatic N) is 1. The van der Waals surface area contributed by atoms with Gasteiger partial charge in [-0.25, -0.2) is 0 Å². The molecule has 0 N–H and O–H groups in total. The van der Waals surface area contributed by atoms with Crippen LogP contribution in [0.3, 0.4) is 0 Å². The third kappa shape index (κ3) is 2.50. The van der Waals surface area contributed by atoms with Gasteiger partial charge in [-0.1, -0.05) is 36.4 Å². The number of benzene rings is 2. The van der Waals surface area contributed by atoms with Gasteiger partial charge in [0.2, 0.25) is 0 Å². The number of fused-ring (bicyclic) bond motifs is 1. The predicted octanol–water partition coefficient (Wildman–Crippen LogP) is 4.85. The van der Waals surface area contributed by atoms with Crippen LogP contribution in [-0.2, 0) is 0 Å². The highest BCUT2D eigenvalue weighted by Crippen LogP contribution is 2.45. The second-order valence-corrected chi connectivity index (χ2v) is 6.79. The van der Waals surface area contributed by atoms with Gasteiger partial charge in [-0.05, 0) is 51.0 Å². The van der Waals surface area contributed by atoms with Crippen LogP contribution in [-0.4, -0.2) is 18.6 Å². The maximum atomic E-state index is 13.4. The number of hydrogen-bond donors (Lipinski definition) is 0. The summed E-state index contributed by atoms with van der Waals surface area (Å²) >= 11 is 0. The zero-order valence-electron chi connectivity index (χ0n) is 14.9. The van der Waals surface area contributed by atoms with Crippen molar-refractivity contribution >= 4 is 17.2 Å². The van der Waals surface area contributed by atoms with E-state index in [1.165, 1.54) is 0 Å². The number of para-hydroxylation sites is 1. The maximum absolute atomic E-state index is 13.4. The summed E-state index contributed by atoms with van der Waals surface area (Å²) < 4.78 is 5.58. The molecule has 3 rings (SSSR count). The van der Waals surface area contributed by atoms with Crippen molar-refractivity contribution in [3.63, 3.8) is 0 Å². The van der Waals surface area contributed by atoms with Gasteiger partial charge < -0.3 is 4.74 Å². The number of hydrogen-bond acceptors (Lipinski definition) is 2. The van der Waals surface area contributed by atoms with Gasteiger partial charge in [0.05, 0.1) is 18.3 Å². The van der Waals surface area contributed by atoms with Crippen molar-refractivity contribution in [3.8, 4) is 5.75 Å². The van der Waals surface area contributed by atoms with E-state index in [-0.39, 0.29) is 5.91 Å². The van der Waals surface area contributed by atoms with Crippen LogP contribution in [0.1, 0.15) is 42.3 Å². The number of rotatable bonds is 2. The number of methoxy groups -OCH3 is 1. The molecule has 0 bridgehead atoms. The molecule has 2 aromatic carbocycles. The highest BCUT2D eigenvalue weighted by atomic mass is 16.5.